The van der Waals surface area contributed by atoms with Crippen LogP contribution in [-0.2, 0) is 0 Å². The first-order valence-corrected chi connectivity index (χ1v) is 6.01. The molecule has 0 aliphatic carbocycles. The molecule has 2 rings (SSSR count). The number of halogens is 2. The summed E-state index contributed by atoms with van der Waals surface area (Å²) in [6, 6.07) is 1.55. The van der Waals surface area contributed by atoms with Gasteiger partial charge in [-0.05, 0) is 44.5 Å². The van der Waals surface area contributed by atoms with Crippen LogP contribution in [0.15, 0.2) is 32.0 Å². The van der Waals surface area contributed by atoms with Crippen LogP contribution in [0.2, 0.25) is 5.22 Å². The summed E-state index contributed by atoms with van der Waals surface area (Å²) in [5, 5.41) is 4.34. The Balaban J connectivity index is 2.38. The lowest BCUT2D eigenvalue weighted by Crippen LogP contribution is -2.10. The van der Waals surface area contributed by atoms with Crippen molar-refractivity contribution < 1.29 is 4.42 Å². The molecule has 0 aromatic carbocycles. The second kappa shape index (κ2) is 4.06. The van der Waals surface area contributed by atoms with Gasteiger partial charge in [0.05, 0.1) is 12.3 Å². The third-order valence-electron chi connectivity index (χ3n) is 1.96. The highest BCUT2D eigenvalue weighted by Gasteiger charge is 2.17. The van der Waals surface area contributed by atoms with Crippen LogP contribution in [0.4, 0.5) is 0 Å². The lowest BCUT2D eigenvalue weighted by molar-refractivity contribution is 0.564. The SMILES string of the molecule is NC(c1cscc1Br)c1ccoc1Cl. The molecule has 74 valence electrons. The molecule has 1 atom stereocenters. The molecule has 2 heterocycles. The first-order chi connectivity index (χ1) is 6.70. The molecule has 0 saturated heterocycles. The lowest BCUT2D eigenvalue weighted by atomic mass is 10.1. The average Bonchev–Trinajstić information content (AvgIpc) is 2.73. The van der Waals surface area contributed by atoms with Crippen LogP contribution in [-0.4, -0.2) is 0 Å². The van der Waals surface area contributed by atoms with Gasteiger partial charge >= 0.3 is 0 Å². The van der Waals surface area contributed by atoms with E-state index in [2.05, 4.69) is 15.9 Å². The van der Waals surface area contributed by atoms with Crippen LogP contribution < -0.4 is 5.73 Å². The summed E-state index contributed by atoms with van der Waals surface area (Å²) in [4.78, 5) is 0. The average molecular weight is 293 g/mol. The maximum atomic E-state index is 6.04. The second-order valence-corrected chi connectivity index (χ2v) is 4.74. The molecule has 2 aromatic rings. The molecule has 0 bridgehead atoms. The first-order valence-electron chi connectivity index (χ1n) is 3.90. The molecule has 1 unspecified atom stereocenters. The lowest BCUT2D eigenvalue weighted by Gasteiger charge is -2.08. The van der Waals surface area contributed by atoms with Gasteiger partial charge in [-0.2, -0.15) is 11.3 Å². The van der Waals surface area contributed by atoms with Gasteiger partial charge in [-0.15, -0.1) is 0 Å². The number of hydrogen-bond acceptors (Lipinski definition) is 3. The Morgan fingerprint density at radius 3 is 2.71 bits per heavy atom. The molecule has 14 heavy (non-hydrogen) atoms. The van der Waals surface area contributed by atoms with Crippen LogP contribution in [0, 0.1) is 0 Å². The minimum atomic E-state index is -0.234. The van der Waals surface area contributed by atoms with Crippen LogP contribution in [0.1, 0.15) is 17.2 Å². The maximum Gasteiger partial charge on any atom is 0.198 e. The van der Waals surface area contributed by atoms with E-state index >= 15 is 0 Å². The molecule has 0 amide bonds. The normalized spacial score (nSPS) is 13.1. The highest BCUT2D eigenvalue weighted by molar-refractivity contribution is 9.10. The Labute approximate surface area is 98.8 Å². The molecular formula is C9H7BrClNOS. The standard InChI is InChI=1S/C9H7BrClNOS/c10-7-4-14-3-6(7)8(12)5-1-2-13-9(5)11/h1-4,8H,12H2. The maximum absolute atomic E-state index is 6.04. The number of thiophene rings is 1. The highest BCUT2D eigenvalue weighted by atomic mass is 79.9. The van der Waals surface area contributed by atoms with E-state index in [4.69, 9.17) is 21.8 Å². The summed E-state index contributed by atoms with van der Waals surface area (Å²) in [5.41, 5.74) is 7.88. The molecule has 0 radical (unpaired) electrons. The molecule has 2 nitrogen and oxygen atoms in total. The van der Waals surface area contributed by atoms with Crippen LogP contribution in [0.3, 0.4) is 0 Å². The second-order valence-electron chi connectivity index (χ2n) is 2.80. The van der Waals surface area contributed by atoms with Crippen LogP contribution >= 0.6 is 38.9 Å². The fourth-order valence-electron chi connectivity index (χ4n) is 1.21. The summed E-state index contributed by atoms with van der Waals surface area (Å²) in [6.07, 6.45) is 1.54. The van der Waals surface area contributed by atoms with Gasteiger partial charge in [0.1, 0.15) is 0 Å². The van der Waals surface area contributed by atoms with Crippen molar-refractivity contribution >= 4 is 38.9 Å². The Kier molecular flexibility index (Phi) is 2.97. The third kappa shape index (κ3) is 1.75. The zero-order valence-electron chi connectivity index (χ0n) is 7.04. The van der Waals surface area contributed by atoms with Gasteiger partial charge < -0.3 is 10.2 Å². The van der Waals surface area contributed by atoms with Crippen molar-refractivity contribution in [1.29, 1.82) is 0 Å². The van der Waals surface area contributed by atoms with Crippen molar-refractivity contribution in [1.82, 2.24) is 0 Å². The largest absolute Gasteiger partial charge is 0.453 e. The summed E-state index contributed by atoms with van der Waals surface area (Å²) in [6.45, 7) is 0. The monoisotopic (exact) mass is 291 g/mol. The van der Waals surface area contributed by atoms with Crippen molar-refractivity contribution in [2.24, 2.45) is 5.73 Å². The van der Waals surface area contributed by atoms with Crippen molar-refractivity contribution in [3.8, 4) is 0 Å². The number of rotatable bonds is 2. The van der Waals surface area contributed by atoms with E-state index in [-0.39, 0.29) is 6.04 Å². The molecule has 0 aliphatic rings. The van der Waals surface area contributed by atoms with Gasteiger partial charge in [0, 0.05) is 15.4 Å². The number of furan rings is 1. The van der Waals surface area contributed by atoms with Crippen molar-refractivity contribution in [2.75, 3.05) is 0 Å². The van der Waals surface area contributed by atoms with Crippen molar-refractivity contribution in [3.63, 3.8) is 0 Å². The van der Waals surface area contributed by atoms with Gasteiger partial charge in [-0.25, -0.2) is 0 Å². The van der Waals surface area contributed by atoms with E-state index in [1.54, 1.807) is 17.4 Å². The molecule has 2 N–H and O–H groups in total. The Morgan fingerprint density at radius 2 is 2.21 bits per heavy atom. The predicted octanol–water partition coefficient (Wildman–Crippen LogP) is 3.81. The minimum Gasteiger partial charge on any atom is -0.453 e. The topological polar surface area (TPSA) is 39.2 Å². The Morgan fingerprint density at radius 1 is 1.43 bits per heavy atom. The Hall–Kier alpha value is -0.290. The summed E-state index contributed by atoms with van der Waals surface area (Å²) in [7, 11) is 0. The summed E-state index contributed by atoms with van der Waals surface area (Å²) < 4.78 is 6.00. The molecule has 2 aromatic heterocycles. The van der Waals surface area contributed by atoms with Crippen LogP contribution in [0.5, 0.6) is 0 Å². The molecular weight excluding hydrogens is 286 g/mol. The fourth-order valence-corrected chi connectivity index (χ4v) is 3.02. The zero-order valence-corrected chi connectivity index (χ0v) is 10.2. The molecule has 5 heteroatoms. The first kappa shape index (κ1) is 10.2. The van der Waals surface area contributed by atoms with E-state index in [0.29, 0.717) is 5.22 Å². The van der Waals surface area contributed by atoms with Gasteiger partial charge in [0.25, 0.3) is 0 Å². The molecule has 0 spiro atoms. The third-order valence-corrected chi connectivity index (χ3v) is 4.02. The van der Waals surface area contributed by atoms with Crippen molar-refractivity contribution in [2.45, 2.75) is 6.04 Å². The van der Waals surface area contributed by atoms with Gasteiger partial charge in [-0.3, -0.25) is 0 Å². The van der Waals surface area contributed by atoms with Gasteiger partial charge in [-0.1, -0.05) is 0 Å². The minimum absolute atomic E-state index is 0.234. The van der Waals surface area contributed by atoms with E-state index in [1.807, 2.05) is 10.8 Å². The zero-order chi connectivity index (χ0) is 10.1. The molecule has 0 saturated carbocycles. The summed E-state index contributed by atoms with van der Waals surface area (Å²) in [5.74, 6) is 0. The van der Waals surface area contributed by atoms with E-state index in [0.717, 1.165) is 15.6 Å². The van der Waals surface area contributed by atoms with E-state index < -0.39 is 0 Å². The quantitative estimate of drug-likeness (QED) is 0.914. The highest BCUT2D eigenvalue weighted by Crippen LogP contribution is 2.33. The van der Waals surface area contributed by atoms with Gasteiger partial charge in [0.15, 0.2) is 5.22 Å². The van der Waals surface area contributed by atoms with E-state index in [9.17, 15) is 0 Å². The predicted molar refractivity (Wildman–Crippen MR) is 61.8 cm³/mol. The number of nitrogens with two attached hydrogens (primary N) is 1. The van der Waals surface area contributed by atoms with Gasteiger partial charge in [0.2, 0.25) is 0 Å². The Bertz CT molecular complexity index is 399. The fraction of sp³-hybridized carbons (Fsp3) is 0.111. The van der Waals surface area contributed by atoms with E-state index in [1.165, 1.54) is 6.26 Å². The summed E-state index contributed by atoms with van der Waals surface area (Å²) >= 11 is 10.9. The molecule has 0 aliphatic heterocycles. The smallest absolute Gasteiger partial charge is 0.198 e. The molecule has 0 fully saturated rings. The van der Waals surface area contributed by atoms with Crippen LogP contribution in [0.25, 0.3) is 0 Å². The van der Waals surface area contributed by atoms with Crippen molar-refractivity contribution in [3.05, 3.63) is 43.9 Å². The number of hydrogen-bond donors (Lipinski definition) is 1.